The van der Waals surface area contributed by atoms with Gasteiger partial charge in [0.1, 0.15) is 5.82 Å². The van der Waals surface area contributed by atoms with Crippen molar-refractivity contribution < 1.29 is 4.39 Å². The Balaban J connectivity index is 2.04. The Bertz CT molecular complexity index is 391. The van der Waals surface area contributed by atoms with E-state index < -0.39 is 0 Å². The van der Waals surface area contributed by atoms with Crippen molar-refractivity contribution in [2.24, 2.45) is 11.8 Å². The Morgan fingerprint density at radius 1 is 1.33 bits per heavy atom. The highest BCUT2D eigenvalue weighted by Gasteiger charge is 2.20. The number of hydrogen-bond acceptors (Lipinski definition) is 2. The summed E-state index contributed by atoms with van der Waals surface area (Å²) in [5, 5.41) is 0. The molecule has 0 saturated heterocycles. The van der Waals surface area contributed by atoms with Gasteiger partial charge in [-0.1, -0.05) is 38.2 Å². The summed E-state index contributed by atoms with van der Waals surface area (Å²) in [5.74, 6) is 6.11. The molecule has 1 aliphatic rings. The van der Waals surface area contributed by atoms with Gasteiger partial charge in [0.2, 0.25) is 0 Å². The van der Waals surface area contributed by atoms with Gasteiger partial charge in [0.15, 0.2) is 0 Å². The third-order valence-electron chi connectivity index (χ3n) is 3.84. The molecular formula is C14H20BrFN2. The smallest absolute Gasteiger partial charge is 0.137 e. The molecule has 1 aromatic rings. The van der Waals surface area contributed by atoms with E-state index in [2.05, 4.69) is 21.4 Å². The molecule has 2 rings (SSSR count). The van der Waals surface area contributed by atoms with Crippen LogP contribution in [0.3, 0.4) is 0 Å². The molecule has 1 aliphatic carbocycles. The van der Waals surface area contributed by atoms with Gasteiger partial charge in [-0.25, -0.2) is 4.39 Å². The first-order chi connectivity index (χ1) is 8.70. The lowest BCUT2D eigenvalue weighted by atomic mass is 9.83. The SMILES string of the molecule is NNC(CC1CCCCC1)c1ccc(Br)c(F)c1. The highest BCUT2D eigenvalue weighted by Crippen LogP contribution is 2.32. The zero-order chi connectivity index (χ0) is 13.0. The lowest BCUT2D eigenvalue weighted by molar-refractivity contribution is 0.301. The van der Waals surface area contributed by atoms with E-state index in [0.717, 1.165) is 12.0 Å². The van der Waals surface area contributed by atoms with Crippen LogP contribution in [-0.4, -0.2) is 0 Å². The van der Waals surface area contributed by atoms with Crippen LogP contribution in [0, 0.1) is 11.7 Å². The van der Waals surface area contributed by atoms with Crippen molar-refractivity contribution in [2.75, 3.05) is 0 Å². The number of halogens is 2. The predicted molar refractivity (Wildman–Crippen MR) is 75.4 cm³/mol. The van der Waals surface area contributed by atoms with Crippen molar-refractivity contribution >= 4 is 15.9 Å². The van der Waals surface area contributed by atoms with Crippen LogP contribution < -0.4 is 11.3 Å². The minimum absolute atomic E-state index is 0.0516. The topological polar surface area (TPSA) is 38.0 Å². The van der Waals surface area contributed by atoms with Crippen LogP contribution in [0.5, 0.6) is 0 Å². The van der Waals surface area contributed by atoms with Gasteiger partial charge in [0, 0.05) is 6.04 Å². The number of rotatable bonds is 4. The standard InChI is InChI=1S/C14H20BrFN2/c15-12-7-6-11(9-13(12)16)14(18-17)8-10-4-2-1-3-5-10/h6-7,9-10,14,18H,1-5,8,17H2. The van der Waals surface area contributed by atoms with E-state index in [9.17, 15) is 4.39 Å². The van der Waals surface area contributed by atoms with E-state index in [0.29, 0.717) is 10.4 Å². The number of benzene rings is 1. The second kappa shape index (κ2) is 6.64. The molecule has 2 nitrogen and oxygen atoms in total. The summed E-state index contributed by atoms with van der Waals surface area (Å²) in [4.78, 5) is 0. The van der Waals surface area contributed by atoms with Crippen molar-refractivity contribution in [2.45, 2.75) is 44.6 Å². The van der Waals surface area contributed by atoms with Crippen LogP contribution >= 0.6 is 15.9 Å². The highest BCUT2D eigenvalue weighted by atomic mass is 79.9. The average Bonchev–Trinajstić information content (AvgIpc) is 2.40. The highest BCUT2D eigenvalue weighted by molar-refractivity contribution is 9.10. The molecule has 1 atom stereocenters. The molecule has 0 amide bonds. The van der Waals surface area contributed by atoms with Gasteiger partial charge in [-0.05, 0) is 46.0 Å². The summed E-state index contributed by atoms with van der Waals surface area (Å²) < 4.78 is 14.0. The third kappa shape index (κ3) is 3.53. The summed E-state index contributed by atoms with van der Waals surface area (Å²) in [6, 6.07) is 5.30. The molecule has 0 spiro atoms. The molecule has 1 aromatic carbocycles. The summed E-state index contributed by atoms with van der Waals surface area (Å²) in [6.07, 6.45) is 7.53. The van der Waals surface area contributed by atoms with Crippen molar-refractivity contribution in [3.63, 3.8) is 0 Å². The van der Waals surface area contributed by atoms with E-state index in [1.54, 1.807) is 12.1 Å². The Kier molecular flexibility index (Phi) is 5.15. The lowest BCUT2D eigenvalue weighted by Crippen LogP contribution is -2.30. The Morgan fingerprint density at radius 2 is 2.06 bits per heavy atom. The van der Waals surface area contributed by atoms with Gasteiger partial charge >= 0.3 is 0 Å². The number of nitrogens with one attached hydrogen (secondary N) is 1. The maximum Gasteiger partial charge on any atom is 0.137 e. The van der Waals surface area contributed by atoms with Crippen molar-refractivity contribution in [1.82, 2.24) is 5.43 Å². The van der Waals surface area contributed by atoms with E-state index in [1.165, 1.54) is 32.1 Å². The maximum absolute atomic E-state index is 13.5. The summed E-state index contributed by atoms with van der Waals surface area (Å²) >= 11 is 3.17. The Morgan fingerprint density at radius 3 is 2.67 bits per heavy atom. The van der Waals surface area contributed by atoms with Crippen LogP contribution in [0.25, 0.3) is 0 Å². The summed E-state index contributed by atoms with van der Waals surface area (Å²) in [7, 11) is 0. The van der Waals surface area contributed by atoms with Gasteiger partial charge < -0.3 is 0 Å². The van der Waals surface area contributed by atoms with E-state index in [4.69, 9.17) is 5.84 Å². The van der Waals surface area contributed by atoms with Crippen molar-refractivity contribution in [1.29, 1.82) is 0 Å². The Labute approximate surface area is 116 Å². The summed E-state index contributed by atoms with van der Waals surface area (Å²) in [6.45, 7) is 0. The van der Waals surface area contributed by atoms with Crippen molar-refractivity contribution in [3.8, 4) is 0 Å². The van der Waals surface area contributed by atoms with Gasteiger partial charge in [-0.2, -0.15) is 0 Å². The molecule has 100 valence electrons. The monoisotopic (exact) mass is 314 g/mol. The molecule has 3 N–H and O–H groups in total. The first-order valence-corrected chi connectivity index (χ1v) is 7.41. The Hall–Kier alpha value is -0.450. The number of nitrogens with two attached hydrogens (primary N) is 1. The van der Waals surface area contributed by atoms with Crippen LogP contribution in [0.15, 0.2) is 22.7 Å². The minimum atomic E-state index is -0.226. The van der Waals surface area contributed by atoms with Gasteiger partial charge in [-0.3, -0.25) is 11.3 Å². The molecule has 1 saturated carbocycles. The second-order valence-corrected chi connectivity index (χ2v) is 5.99. The maximum atomic E-state index is 13.5. The van der Waals surface area contributed by atoms with Crippen LogP contribution in [-0.2, 0) is 0 Å². The van der Waals surface area contributed by atoms with Crippen LogP contribution in [0.2, 0.25) is 0 Å². The van der Waals surface area contributed by atoms with Crippen molar-refractivity contribution in [3.05, 3.63) is 34.1 Å². The molecule has 1 fully saturated rings. The normalized spacial score (nSPS) is 18.8. The molecule has 18 heavy (non-hydrogen) atoms. The molecule has 0 heterocycles. The van der Waals surface area contributed by atoms with Gasteiger partial charge in [-0.15, -0.1) is 0 Å². The molecular weight excluding hydrogens is 295 g/mol. The first-order valence-electron chi connectivity index (χ1n) is 6.62. The molecule has 0 aliphatic heterocycles. The van der Waals surface area contributed by atoms with Crippen LogP contribution in [0.4, 0.5) is 4.39 Å². The first kappa shape index (κ1) is 14.0. The van der Waals surface area contributed by atoms with E-state index in [1.807, 2.05) is 6.07 Å². The molecule has 0 aromatic heterocycles. The largest absolute Gasteiger partial charge is 0.271 e. The van der Waals surface area contributed by atoms with Gasteiger partial charge in [0.25, 0.3) is 0 Å². The average molecular weight is 315 g/mol. The molecule has 1 unspecified atom stereocenters. The van der Waals surface area contributed by atoms with E-state index in [-0.39, 0.29) is 11.9 Å². The fourth-order valence-electron chi connectivity index (χ4n) is 2.79. The second-order valence-electron chi connectivity index (χ2n) is 5.13. The fraction of sp³-hybridized carbons (Fsp3) is 0.571. The summed E-state index contributed by atoms with van der Waals surface area (Å²) in [5.41, 5.74) is 3.76. The van der Waals surface area contributed by atoms with E-state index >= 15 is 0 Å². The van der Waals surface area contributed by atoms with Gasteiger partial charge in [0.05, 0.1) is 4.47 Å². The lowest BCUT2D eigenvalue weighted by Gasteiger charge is -2.26. The van der Waals surface area contributed by atoms with Crippen LogP contribution in [0.1, 0.15) is 50.1 Å². The molecule has 0 bridgehead atoms. The zero-order valence-corrected chi connectivity index (χ0v) is 12.0. The zero-order valence-electron chi connectivity index (χ0n) is 10.5. The third-order valence-corrected chi connectivity index (χ3v) is 4.48. The fourth-order valence-corrected chi connectivity index (χ4v) is 3.03. The molecule has 4 heteroatoms. The minimum Gasteiger partial charge on any atom is -0.271 e. The number of hydrazine groups is 1. The predicted octanol–water partition coefficient (Wildman–Crippen LogP) is 4.06. The quantitative estimate of drug-likeness (QED) is 0.649. The number of hydrogen-bond donors (Lipinski definition) is 2. The molecule has 0 radical (unpaired) electrons.